The SMILES string of the molecule is CCOC(=O)C(O)(CO)CCCCCCOc1ccccc1. The first kappa shape index (κ1) is 18.5. The highest BCUT2D eigenvalue weighted by molar-refractivity contribution is 5.79. The van der Waals surface area contributed by atoms with Crippen LogP contribution in [0.4, 0.5) is 0 Å². The maximum absolute atomic E-state index is 11.6. The zero-order valence-electron chi connectivity index (χ0n) is 13.2. The van der Waals surface area contributed by atoms with E-state index in [1.165, 1.54) is 0 Å². The van der Waals surface area contributed by atoms with Crippen molar-refractivity contribution in [2.45, 2.75) is 44.6 Å². The summed E-state index contributed by atoms with van der Waals surface area (Å²) in [5.74, 6) is 0.115. The molecular weight excluding hydrogens is 284 g/mol. The van der Waals surface area contributed by atoms with Gasteiger partial charge in [-0.25, -0.2) is 4.79 Å². The number of esters is 1. The Labute approximate surface area is 131 Å². The largest absolute Gasteiger partial charge is 0.494 e. The predicted molar refractivity (Wildman–Crippen MR) is 83.7 cm³/mol. The smallest absolute Gasteiger partial charge is 0.340 e. The third-order valence-corrected chi connectivity index (χ3v) is 3.41. The summed E-state index contributed by atoms with van der Waals surface area (Å²) in [4.78, 5) is 11.6. The lowest BCUT2D eigenvalue weighted by atomic mass is 9.97. The second-order valence-electron chi connectivity index (χ2n) is 5.24. The third-order valence-electron chi connectivity index (χ3n) is 3.41. The summed E-state index contributed by atoms with van der Waals surface area (Å²) in [6.45, 7) is 1.90. The van der Waals surface area contributed by atoms with Crippen LogP contribution in [0.15, 0.2) is 30.3 Å². The Morgan fingerprint density at radius 1 is 1.14 bits per heavy atom. The number of aliphatic hydroxyl groups is 2. The quantitative estimate of drug-likeness (QED) is 0.484. The molecule has 5 heteroatoms. The number of benzene rings is 1. The van der Waals surface area contributed by atoms with E-state index >= 15 is 0 Å². The van der Waals surface area contributed by atoms with E-state index < -0.39 is 18.2 Å². The summed E-state index contributed by atoms with van der Waals surface area (Å²) in [5, 5.41) is 19.2. The zero-order chi connectivity index (χ0) is 16.3. The Morgan fingerprint density at radius 2 is 1.82 bits per heavy atom. The topological polar surface area (TPSA) is 76.0 Å². The molecule has 124 valence electrons. The Kier molecular flexibility index (Phi) is 8.55. The predicted octanol–water partition coefficient (Wildman–Crippen LogP) is 2.30. The fraction of sp³-hybridized carbons (Fsp3) is 0.588. The summed E-state index contributed by atoms with van der Waals surface area (Å²) in [6.07, 6.45) is 3.58. The highest BCUT2D eigenvalue weighted by Gasteiger charge is 2.36. The summed E-state index contributed by atoms with van der Waals surface area (Å²) in [7, 11) is 0. The maximum Gasteiger partial charge on any atom is 0.340 e. The molecule has 5 nitrogen and oxygen atoms in total. The van der Waals surface area contributed by atoms with Crippen LogP contribution in [-0.2, 0) is 9.53 Å². The highest BCUT2D eigenvalue weighted by Crippen LogP contribution is 2.17. The molecule has 0 saturated heterocycles. The third kappa shape index (κ3) is 6.45. The number of carbonyl (C=O) groups is 1. The zero-order valence-corrected chi connectivity index (χ0v) is 13.2. The van der Waals surface area contributed by atoms with Gasteiger partial charge in [0, 0.05) is 0 Å². The summed E-state index contributed by atoms with van der Waals surface area (Å²) < 4.78 is 10.4. The van der Waals surface area contributed by atoms with Crippen LogP contribution in [0.3, 0.4) is 0 Å². The summed E-state index contributed by atoms with van der Waals surface area (Å²) in [5.41, 5.74) is -1.77. The van der Waals surface area contributed by atoms with Crippen LogP contribution in [0.2, 0.25) is 0 Å². The standard InChI is InChI=1S/C17H26O5/c1-2-21-16(19)17(20,14-18)12-8-3-4-9-13-22-15-10-6-5-7-11-15/h5-7,10-11,18,20H,2-4,8-9,12-14H2,1H3. The van der Waals surface area contributed by atoms with Gasteiger partial charge in [-0.2, -0.15) is 0 Å². The normalized spacial score (nSPS) is 13.4. The lowest BCUT2D eigenvalue weighted by Gasteiger charge is -2.23. The minimum absolute atomic E-state index is 0.192. The number of rotatable bonds is 11. The van der Waals surface area contributed by atoms with Gasteiger partial charge in [0.05, 0.1) is 19.8 Å². The highest BCUT2D eigenvalue weighted by atomic mass is 16.6. The van der Waals surface area contributed by atoms with Crippen LogP contribution < -0.4 is 4.74 Å². The van der Waals surface area contributed by atoms with Gasteiger partial charge < -0.3 is 19.7 Å². The van der Waals surface area contributed by atoms with Crippen molar-refractivity contribution in [1.29, 1.82) is 0 Å². The van der Waals surface area contributed by atoms with E-state index in [1.54, 1.807) is 6.92 Å². The van der Waals surface area contributed by atoms with Gasteiger partial charge in [0.2, 0.25) is 0 Å². The van der Waals surface area contributed by atoms with Crippen molar-refractivity contribution in [3.63, 3.8) is 0 Å². The van der Waals surface area contributed by atoms with Crippen molar-refractivity contribution in [3.05, 3.63) is 30.3 Å². The van der Waals surface area contributed by atoms with Crippen molar-refractivity contribution in [2.24, 2.45) is 0 Å². The minimum atomic E-state index is -1.77. The molecule has 0 aliphatic carbocycles. The maximum atomic E-state index is 11.6. The van der Waals surface area contributed by atoms with Gasteiger partial charge in [-0.3, -0.25) is 0 Å². The monoisotopic (exact) mass is 310 g/mol. The lowest BCUT2D eigenvalue weighted by molar-refractivity contribution is -0.170. The van der Waals surface area contributed by atoms with E-state index in [9.17, 15) is 15.0 Å². The van der Waals surface area contributed by atoms with E-state index in [0.29, 0.717) is 13.0 Å². The molecule has 0 radical (unpaired) electrons. The van der Waals surface area contributed by atoms with Gasteiger partial charge in [-0.1, -0.05) is 31.0 Å². The molecule has 0 saturated carbocycles. The average Bonchev–Trinajstić information content (AvgIpc) is 2.55. The van der Waals surface area contributed by atoms with E-state index in [0.717, 1.165) is 25.0 Å². The molecule has 0 aliphatic heterocycles. The number of unbranched alkanes of at least 4 members (excludes halogenated alkanes) is 3. The van der Waals surface area contributed by atoms with Crippen LogP contribution >= 0.6 is 0 Å². The molecule has 1 unspecified atom stereocenters. The number of aliphatic hydroxyl groups excluding tert-OH is 1. The molecule has 2 N–H and O–H groups in total. The van der Waals surface area contributed by atoms with Crippen LogP contribution in [0.25, 0.3) is 0 Å². The molecule has 1 atom stereocenters. The number of carbonyl (C=O) groups excluding carboxylic acids is 1. The molecule has 1 rings (SSSR count). The fourth-order valence-electron chi connectivity index (χ4n) is 2.09. The molecule has 0 amide bonds. The molecule has 0 spiro atoms. The molecule has 1 aromatic carbocycles. The lowest BCUT2D eigenvalue weighted by Crippen LogP contribution is -2.43. The van der Waals surface area contributed by atoms with Crippen molar-refractivity contribution < 1.29 is 24.5 Å². The number of para-hydroxylation sites is 1. The van der Waals surface area contributed by atoms with E-state index in [1.807, 2.05) is 30.3 Å². The van der Waals surface area contributed by atoms with Gasteiger partial charge in [0.15, 0.2) is 5.60 Å². The molecule has 22 heavy (non-hydrogen) atoms. The summed E-state index contributed by atoms with van der Waals surface area (Å²) in [6, 6.07) is 9.64. The Morgan fingerprint density at radius 3 is 2.45 bits per heavy atom. The molecular formula is C17H26O5. The molecule has 0 aliphatic rings. The van der Waals surface area contributed by atoms with Gasteiger partial charge in [-0.15, -0.1) is 0 Å². The van der Waals surface area contributed by atoms with E-state index in [4.69, 9.17) is 9.47 Å². The fourth-order valence-corrected chi connectivity index (χ4v) is 2.09. The molecule has 0 bridgehead atoms. The number of ether oxygens (including phenoxy) is 2. The van der Waals surface area contributed by atoms with Crippen LogP contribution in [0, 0.1) is 0 Å². The summed E-state index contributed by atoms with van der Waals surface area (Å²) >= 11 is 0. The Hall–Kier alpha value is -1.59. The average molecular weight is 310 g/mol. The van der Waals surface area contributed by atoms with Crippen molar-refractivity contribution in [3.8, 4) is 5.75 Å². The Balaban J connectivity index is 2.12. The first-order valence-corrected chi connectivity index (χ1v) is 7.80. The van der Waals surface area contributed by atoms with Crippen molar-refractivity contribution in [2.75, 3.05) is 19.8 Å². The van der Waals surface area contributed by atoms with Gasteiger partial charge in [0.1, 0.15) is 5.75 Å². The van der Waals surface area contributed by atoms with Crippen LogP contribution in [0.5, 0.6) is 5.75 Å². The first-order chi connectivity index (χ1) is 10.6. The second-order valence-corrected chi connectivity index (χ2v) is 5.24. The number of hydrogen-bond acceptors (Lipinski definition) is 5. The van der Waals surface area contributed by atoms with Crippen LogP contribution in [-0.4, -0.2) is 41.6 Å². The van der Waals surface area contributed by atoms with Crippen LogP contribution in [0.1, 0.15) is 39.0 Å². The second kappa shape index (κ2) is 10.2. The van der Waals surface area contributed by atoms with Gasteiger partial charge in [-0.05, 0) is 38.3 Å². The first-order valence-electron chi connectivity index (χ1n) is 7.80. The van der Waals surface area contributed by atoms with Gasteiger partial charge in [0.25, 0.3) is 0 Å². The van der Waals surface area contributed by atoms with E-state index in [-0.39, 0.29) is 13.0 Å². The van der Waals surface area contributed by atoms with E-state index in [2.05, 4.69) is 0 Å². The molecule has 0 heterocycles. The van der Waals surface area contributed by atoms with Crippen molar-refractivity contribution in [1.82, 2.24) is 0 Å². The van der Waals surface area contributed by atoms with Crippen molar-refractivity contribution >= 4 is 5.97 Å². The van der Waals surface area contributed by atoms with Gasteiger partial charge >= 0.3 is 5.97 Å². The molecule has 1 aromatic rings. The minimum Gasteiger partial charge on any atom is -0.494 e. The number of hydrogen-bond donors (Lipinski definition) is 2. The molecule has 0 fully saturated rings. The molecule has 0 aromatic heterocycles. The Bertz CT molecular complexity index is 420.